The van der Waals surface area contributed by atoms with Crippen molar-refractivity contribution in [3.05, 3.63) is 0 Å². The zero-order chi connectivity index (χ0) is 3.86. The molecule has 1 saturated carbocycles. The molecule has 0 saturated heterocycles. The van der Waals surface area contributed by atoms with Crippen molar-refractivity contribution in [3.8, 4) is 0 Å². The Kier molecular flexibility index (Phi) is 0.571. The molecule has 0 aromatic heterocycles. The second kappa shape index (κ2) is 0.838. The predicted octanol–water partition coefficient (Wildman–Crippen LogP) is 0.180. The Balaban J connectivity index is 2.20. The molecule has 0 heterocycles. The molecule has 0 radical (unpaired) electrons. The van der Waals surface area contributed by atoms with Crippen LogP contribution in [0.3, 0.4) is 0 Å². The normalized spacial score (nSPS) is 49.8. The van der Waals surface area contributed by atoms with Crippen LogP contribution in [0.2, 0.25) is 5.54 Å². The largest absolute Gasteiger partial charge is 0.0625 e. The van der Waals surface area contributed by atoms with E-state index in [4.69, 9.17) is 0 Å². The first kappa shape index (κ1) is 3.41. The van der Waals surface area contributed by atoms with Crippen LogP contribution in [0.25, 0.3) is 0 Å². The highest BCUT2D eigenvalue weighted by molar-refractivity contribution is 6.13. The van der Waals surface area contributed by atoms with Crippen LogP contribution in [0.15, 0.2) is 0 Å². The van der Waals surface area contributed by atoms with Gasteiger partial charge in [0.1, 0.15) is 0 Å². The lowest BCUT2D eigenvalue weighted by molar-refractivity contribution is 0.981. The number of hydrogen-bond acceptors (Lipinski definition) is 0. The molecular weight excluding hydrogens is 76.1 g/mol. The first-order valence-electron chi connectivity index (χ1n) is 2.30. The lowest BCUT2D eigenvalue weighted by atomic mass is 10.5. The first-order chi connectivity index (χ1) is 2.30. The monoisotopic (exact) mass is 86.1 g/mol. The third kappa shape index (κ3) is 0.536. The van der Waals surface area contributed by atoms with Gasteiger partial charge in [-0.05, 0) is 5.92 Å². The van der Waals surface area contributed by atoms with Gasteiger partial charge in [0, 0.05) is 10.2 Å². The molecule has 0 aliphatic heterocycles. The summed E-state index contributed by atoms with van der Waals surface area (Å²) in [6.07, 6.45) is 1.53. The molecule has 1 heteroatoms. The first-order valence-corrected chi connectivity index (χ1v) is 3.46. The van der Waals surface area contributed by atoms with Gasteiger partial charge in [0.2, 0.25) is 0 Å². The van der Waals surface area contributed by atoms with Crippen LogP contribution in [0.4, 0.5) is 0 Å². The second-order valence-corrected chi connectivity index (χ2v) is 3.67. The second-order valence-electron chi connectivity index (χ2n) is 2.19. The van der Waals surface area contributed by atoms with Crippen molar-refractivity contribution in [2.45, 2.75) is 18.9 Å². The summed E-state index contributed by atoms with van der Waals surface area (Å²) in [5.74, 6) is 1.11. The minimum Gasteiger partial charge on any atom is -0.0625 e. The standard InChI is InChI=1S/C4H10Si/c1-3-2-4(3)5/h3-4H,2H2,1,5H3. The fourth-order valence-corrected chi connectivity index (χ4v) is 1.25. The van der Waals surface area contributed by atoms with Gasteiger partial charge in [-0.1, -0.05) is 18.9 Å². The molecule has 0 nitrogen and oxygen atoms in total. The molecule has 0 N–H and O–H groups in total. The quantitative estimate of drug-likeness (QED) is 0.369. The van der Waals surface area contributed by atoms with Crippen LogP contribution in [0, 0.1) is 5.92 Å². The molecule has 30 valence electrons. The summed E-state index contributed by atoms with van der Waals surface area (Å²) in [7, 11) is 1.44. The van der Waals surface area contributed by atoms with Crippen molar-refractivity contribution in [2.75, 3.05) is 0 Å². The van der Waals surface area contributed by atoms with Gasteiger partial charge in [-0.15, -0.1) is 0 Å². The molecule has 2 unspecified atom stereocenters. The summed E-state index contributed by atoms with van der Waals surface area (Å²) in [5.41, 5.74) is 1.19. The van der Waals surface area contributed by atoms with Crippen LogP contribution in [-0.2, 0) is 0 Å². The molecule has 1 rings (SSSR count). The van der Waals surface area contributed by atoms with Gasteiger partial charge in [-0.25, -0.2) is 0 Å². The van der Waals surface area contributed by atoms with E-state index in [1.54, 1.807) is 0 Å². The van der Waals surface area contributed by atoms with Gasteiger partial charge in [-0.3, -0.25) is 0 Å². The summed E-state index contributed by atoms with van der Waals surface area (Å²) in [6.45, 7) is 2.33. The van der Waals surface area contributed by atoms with E-state index in [2.05, 4.69) is 6.92 Å². The van der Waals surface area contributed by atoms with Crippen molar-refractivity contribution in [1.82, 2.24) is 0 Å². The summed E-state index contributed by atoms with van der Waals surface area (Å²) in [5, 5.41) is 0. The molecular formula is C4H10Si. The molecule has 0 bridgehead atoms. The van der Waals surface area contributed by atoms with Crippen molar-refractivity contribution >= 4 is 10.2 Å². The summed E-state index contributed by atoms with van der Waals surface area (Å²) in [6, 6.07) is 0. The van der Waals surface area contributed by atoms with Gasteiger partial charge in [0.05, 0.1) is 0 Å². The van der Waals surface area contributed by atoms with Crippen molar-refractivity contribution < 1.29 is 0 Å². The maximum absolute atomic E-state index is 2.33. The van der Waals surface area contributed by atoms with Crippen molar-refractivity contribution in [3.63, 3.8) is 0 Å². The van der Waals surface area contributed by atoms with Crippen LogP contribution >= 0.6 is 0 Å². The molecule has 1 fully saturated rings. The van der Waals surface area contributed by atoms with E-state index in [0.717, 1.165) is 5.92 Å². The average molecular weight is 86.2 g/mol. The van der Waals surface area contributed by atoms with E-state index in [9.17, 15) is 0 Å². The Morgan fingerprint density at radius 2 is 2.00 bits per heavy atom. The Morgan fingerprint density at radius 1 is 1.80 bits per heavy atom. The van der Waals surface area contributed by atoms with E-state index >= 15 is 0 Å². The van der Waals surface area contributed by atoms with Gasteiger partial charge < -0.3 is 0 Å². The Bertz CT molecular complexity index is 36.9. The van der Waals surface area contributed by atoms with E-state index < -0.39 is 0 Å². The summed E-state index contributed by atoms with van der Waals surface area (Å²) >= 11 is 0. The summed E-state index contributed by atoms with van der Waals surface area (Å²) < 4.78 is 0. The molecule has 0 spiro atoms. The van der Waals surface area contributed by atoms with Crippen LogP contribution in [-0.4, -0.2) is 10.2 Å². The highest BCUT2D eigenvalue weighted by Gasteiger charge is 2.26. The summed E-state index contributed by atoms with van der Waals surface area (Å²) in [4.78, 5) is 0. The van der Waals surface area contributed by atoms with Crippen LogP contribution < -0.4 is 0 Å². The van der Waals surface area contributed by atoms with E-state index in [1.807, 2.05) is 0 Å². The maximum Gasteiger partial charge on any atom is 0.00708 e. The fourth-order valence-electron chi connectivity index (χ4n) is 0.508. The third-order valence-electron chi connectivity index (χ3n) is 1.51. The van der Waals surface area contributed by atoms with Crippen molar-refractivity contribution in [1.29, 1.82) is 0 Å². The topological polar surface area (TPSA) is 0 Å². The number of hydrogen-bond donors (Lipinski definition) is 0. The molecule has 0 amide bonds. The zero-order valence-corrected chi connectivity index (χ0v) is 5.86. The Hall–Kier alpha value is 0.217. The average Bonchev–Trinajstić information content (AvgIpc) is 1.79. The Morgan fingerprint density at radius 3 is 2.00 bits per heavy atom. The third-order valence-corrected chi connectivity index (χ3v) is 3.12. The zero-order valence-electron chi connectivity index (χ0n) is 3.86. The van der Waals surface area contributed by atoms with Gasteiger partial charge in [0.25, 0.3) is 0 Å². The molecule has 0 aromatic carbocycles. The van der Waals surface area contributed by atoms with Crippen LogP contribution in [0.5, 0.6) is 0 Å². The van der Waals surface area contributed by atoms with Crippen LogP contribution in [0.1, 0.15) is 13.3 Å². The molecule has 1 aliphatic carbocycles. The molecule has 5 heavy (non-hydrogen) atoms. The van der Waals surface area contributed by atoms with Gasteiger partial charge in [-0.2, -0.15) is 0 Å². The number of rotatable bonds is 0. The fraction of sp³-hybridized carbons (Fsp3) is 1.00. The van der Waals surface area contributed by atoms with E-state index in [1.165, 1.54) is 22.2 Å². The highest BCUT2D eigenvalue weighted by Crippen LogP contribution is 2.40. The SMILES string of the molecule is CC1CC1[SiH3]. The minimum absolute atomic E-state index is 1.11. The predicted molar refractivity (Wildman–Crippen MR) is 27.5 cm³/mol. The highest BCUT2D eigenvalue weighted by atomic mass is 28.1. The lowest BCUT2D eigenvalue weighted by Crippen LogP contribution is -1.59. The Labute approximate surface area is 36.0 Å². The van der Waals surface area contributed by atoms with Gasteiger partial charge >= 0.3 is 0 Å². The minimum atomic E-state index is 1.11. The molecule has 0 aromatic rings. The van der Waals surface area contributed by atoms with E-state index in [-0.39, 0.29) is 0 Å². The molecule has 2 atom stereocenters. The van der Waals surface area contributed by atoms with E-state index in [0.29, 0.717) is 0 Å². The maximum atomic E-state index is 2.33. The smallest absolute Gasteiger partial charge is 0.00708 e. The molecule has 1 aliphatic rings. The van der Waals surface area contributed by atoms with Gasteiger partial charge in [0.15, 0.2) is 0 Å². The van der Waals surface area contributed by atoms with Crippen molar-refractivity contribution in [2.24, 2.45) is 5.92 Å². The lowest BCUT2D eigenvalue weighted by Gasteiger charge is -1.66.